The number of rotatable bonds is 5. The van der Waals surface area contributed by atoms with E-state index >= 15 is 0 Å². The molecule has 24 heavy (non-hydrogen) atoms. The van der Waals surface area contributed by atoms with Crippen LogP contribution >= 0.6 is 35.0 Å². The maximum absolute atomic E-state index is 12.1. The van der Waals surface area contributed by atoms with E-state index in [-0.39, 0.29) is 33.8 Å². The minimum atomic E-state index is -0.597. The van der Waals surface area contributed by atoms with Crippen LogP contribution in [0.4, 0.5) is 0 Å². The molecule has 1 aromatic heterocycles. The highest BCUT2D eigenvalue weighted by Gasteiger charge is 2.15. The molecule has 0 saturated carbocycles. The smallest absolute Gasteiger partial charge is 0.316 e. The van der Waals surface area contributed by atoms with Crippen LogP contribution in [-0.2, 0) is 9.53 Å². The molecule has 0 aliphatic carbocycles. The van der Waals surface area contributed by atoms with E-state index in [0.29, 0.717) is 10.6 Å². The highest BCUT2D eigenvalue weighted by molar-refractivity contribution is 7.99. The highest BCUT2D eigenvalue weighted by atomic mass is 35.5. The van der Waals surface area contributed by atoms with Gasteiger partial charge in [0.1, 0.15) is 11.6 Å². The molecule has 9 heteroatoms. The SMILES string of the molecule is CCOC(=O)CSc1nc(-c2ccc(Cl)c(Cl)c2)c(C#N)c(=O)[nH]1. The summed E-state index contributed by atoms with van der Waals surface area (Å²) in [5.74, 6) is -0.436. The Morgan fingerprint density at radius 1 is 1.42 bits per heavy atom. The summed E-state index contributed by atoms with van der Waals surface area (Å²) in [6.07, 6.45) is 0. The average molecular weight is 384 g/mol. The van der Waals surface area contributed by atoms with Gasteiger partial charge in [0.05, 0.1) is 28.1 Å². The number of aromatic amines is 1. The average Bonchev–Trinajstić information content (AvgIpc) is 2.55. The number of nitrogens with zero attached hydrogens (tertiary/aromatic N) is 2. The summed E-state index contributed by atoms with van der Waals surface area (Å²) in [4.78, 5) is 30.2. The first-order valence-electron chi connectivity index (χ1n) is 6.74. The zero-order chi connectivity index (χ0) is 17.7. The third-order valence-corrected chi connectivity index (χ3v) is 4.42. The van der Waals surface area contributed by atoms with E-state index in [2.05, 4.69) is 9.97 Å². The van der Waals surface area contributed by atoms with Crippen molar-refractivity contribution in [2.24, 2.45) is 0 Å². The van der Waals surface area contributed by atoms with Gasteiger partial charge >= 0.3 is 5.97 Å². The van der Waals surface area contributed by atoms with Crippen LogP contribution in [0.2, 0.25) is 10.0 Å². The number of esters is 1. The van der Waals surface area contributed by atoms with Gasteiger partial charge in [-0.15, -0.1) is 0 Å². The summed E-state index contributed by atoms with van der Waals surface area (Å²) in [5, 5.41) is 10.0. The Kier molecular flexibility index (Phi) is 6.26. The van der Waals surface area contributed by atoms with Crippen molar-refractivity contribution in [3.05, 3.63) is 44.2 Å². The van der Waals surface area contributed by atoms with Crippen molar-refractivity contribution >= 4 is 40.9 Å². The minimum Gasteiger partial charge on any atom is -0.465 e. The van der Waals surface area contributed by atoms with Crippen molar-refractivity contribution in [2.75, 3.05) is 12.4 Å². The zero-order valence-electron chi connectivity index (χ0n) is 12.4. The molecule has 0 aliphatic heterocycles. The van der Waals surface area contributed by atoms with Crippen LogP contribution in [0.15, 0.2) is 28.2 Å². The normalized spacial score (nSPS) is 10.2. The van der Waals surface area contributed by atoms with Gasteiger partial charge in [0.25, 0.3) is 5.56 Å². The number of halogens is 2. The third kappa shape index (κ3) is 4.29. The highest BCUT2D eigenvalue weighted by Crippen LogP contribution is 2.29. The van der Waals surface area contributed by atoms with Crippen LogP contribution in [0.5, 0.6) is 0 Å². The fraction of sp³-hybridized carbons (Fsp3) is 0.200. The Balaban J connectivity index is 2.42. The number of carbonyl (C=O) groups excluding carboxylic acids is 1. The molecule has 0 aliphatic rings. The first-order valence-corrected chi connectivity index (χ1v) is 8.48. The first kappa shape index (κ1) is 18.3. The zero-order valence-corrected chi connectivity index (χ0v) is 14.8. The first-order chi connectivity index (χ1) is 11.5. The Morgan fingerprint density at radius 2 is 2.17 bits per heavy atom. The number of carbonyl (C=O) groups is 1. The fourth-order valence-corrected chi connectivity index (χ4v) is 2.76. The van der Waals surface area contributed by atoms with Gasteiger partial charge in [-0.2, -0.15) is 5.26 Å². The summed E-state index contributed by atoms with van der Waals surface area (Å²) < 4.78 is 4.82. The molecule has 0 spiro atoms. The van der Waals surface area contributed by atoms with Gasteiger partial charge in [-0.05, 0) is 19.1 Å². The lowest BCUT2D eigenvalue weighted by atomic mass is 10.1. The number of H-pyrrole nitrogens is 1. The van der Waals surface area contributed by atoms with E-state index in [1.54, 1.807) is 19.1 Å². The van der Waals surface area contributed by atoms with Gasteiger partial charge < -0.3 is 9.72 Å². The molecule has 0 bridgehead atoms. The Morgan fingerprint density at radius 3 is 2.79 bits per heavy atom. The standard InChI is InChI=1S/C15H11Cl2N3O3S/c1-2-23-12(21)7-24-15-19-13(9(6-18)14(22)20-15)8-3-4-10(16)11(17)5-8/h3-5H,2,7H2,1H3,(H,19,20,22). The number of benzene rings is 1. The van der Waals surface area contributed by atoms with Crippen LogP contribution in [0.25, 0.3) is 11.3 Å². The third-order valence-electron chi connectivity index (χ3n) is 2.83. The monoisotopic (exact) mass is 383 g/mol. The van der Waals surface area contributed by atoms with Crippen LogP contribution in [0, 0.1) is 11.3 Å². The minimum absolute atomic E-state index is 0.0104. The lowest BCUT2D eigenvalue weighted by Crippen LogP contribution is -2.15. The summed E-state index contributed by atoms with van der Waals surface area (Å²) >= 11 is 12.9. The number of thioether (sulfide) groups is 1. The van der Waals surface area contributed by atoms with Gasteiger partial charge in [0.15, 0.2) is 5.16 Å². The molecule has 0 fully saturated rings. The van der Waals surface area contributed by atoms with E-state index < -0.39 is 11.5 Å². The molecular weight excluding hydrogens is 373 g/mol. The number of aromatic nitrogens is 2. The van der Waals surface area contributed by atoms with Crippen LogP contribution in [-0.4, -0.2) is 28.3 Å². The Bertz CT molecular complexity index is 877. The maximum atomic E-state index is 12.1. The number of hydrogen-bond acceptors (Lipinski definition) is 6. The van der Waals surface area contributed by atoms with Gasteiger partial charge in [-0.1, -0.05) is 41.0 Å². The fourth-order valence-electron chi connectivity index (χ4n) is 1.81. The molecule has 2 aromatic rings. The quantitative estimate of drug-likeness (QED) is 0.483. The van der Waals surface area contributed by atoms with Crippen molar-refractivity contribution in [1.82, 2.24) is 9.97 Å². The Labute approximate surface area is 151 Å². The lowest BCUT2D eigenvalue weighted by Gasteiger charge is -2.07. The van der Waals surface area contributed by atoms with Gasteiger partial charge in [-0.25, -0.2) is 4.98 Å². The molecule has 0 saturated heterocycles. The molecular formula is C15H11Cl2N3O3S. The van der Waals surface area contributed by atoms with Crippen LogP contribution < -0.4 is 5.56 Å². The largest absolute Gasteiger partial charge is 0.465 e. The van der Waals surface area contributed by atoms with Crippen LogP contribution in [0.1, 0.15) is 12.5 Å². The second-order valence-electron chi connectivity index (χ2n) is 4.43. The summed E-state index contributed by atoms with van der Waals surface area (Å²) in [6, 6.07) is 6.50. The maximum Gasteiger partial charge on any atom is 0.316 e. The van der Waals surface area contributed by atoms with Crippen molar-refractivity contribution in [3.63, 3.8) is 0 Å². The molecule has 2 rings (SSSR count). The van der Waals surface area contributed by atoms with E-state index in [1.807, 2.05) is 6.07 Å². The van der Waals surface area contributed by atoms with Gasteiger partial charge in [0.2, 0.25) is 0 Å². The van der Waals surface area contributed by atoms with Crippen molar-refractivity contribution < 1.29 is 9.53 Å². The molecule has 6 nitrogen and oxygen atoms in total. The number of nitrogens with one attached hydrogen (secondary N) is 1. The van der Waals surface area contributed by atoms with Crippen molar-refractivity contribution in [3.8, 4) is 17.3 Å². The molecule has 1 N–H and O–H groups in total. The number of ether oxygens (including phenoxy) is 1. The molecule has 1 heterocycles. The van der Waals surface area contributed by atoms with E-state index in [0.717, 1.165) is 11.8 Å². The van der Waals surface area contributed by atoms with E-state index in [1.165, 1.54) is 6.07 Å². The van der Waals surface area contributed by atoms with Gasteiger partial charge in [-0.3, -0.25) is 9.59 Å². The molecule has 0 radical (unpaired) electrons. The Hall–Kier alpha value is -2.01. The van der Waals surface area contributed by atoms with Crippen LogP contribution in [0.3, 0.4) is 0 Å². The summed E-state index contributed by atoms with van der Waals surface area (Å²) in [5.41, 5.74) is -0.0926. The topological polar surface area (TPSA) is 95.8 Å². The number of nitriles is 1. The molecule has 0 atom stereocenters. The summed E-state index contributed by atoms with van der Waals surface area (Å²) in [6.45, 7) is 1.97. The van der Waals surface area contributed by atoms with E-state index in [4.69, 9.17) is 27.9 Å². The molecule has 0 amide bonds. The summed E-state index contributed by atoms with van der Waals surface area (Å²) in [7, 11) is 0. The van der Waals surface area contributed by atoms with Gasteiger partial charge in [0, 0.05) is 5.56 Å². The molecule has 0 unspecified atom stereocenters. The van der Waals surface area contributed by atoms with Crippen molar-refractivity contribution in [2.45, 2.75) is 12.1 Å². The van der Waals surface area contributed by atoms with Crippen molar-refractivity contribution in [1.29, 1.82) is 5.26 Å². The molecule has 1 aromatic carbocycles. The lowest BCUT2D eigenvalue weighted by molar-refractivity contribution is -0.139. The second kappa shape index (κ2) is 8.20. The molecule has 124 valence electrons. The van der Waals surface area contributed by atoms with E-state index in [9.17, 15) is 14.9 Å². The second-order valence-corrected chi connectivity index (χ2v) is 6.21. The predicted octanol–water partition coefficient (Wildman–Crippen LogP) is 3.27. The number of hydrogen-bond donors (Lipinski definition) is 1. The predicted molar refractivity (Wildman–Crippen MR) is 92.4 cm³/mol.